The van der Waals surface area contributed by atoms with E-state index in [1.165, 1.54) is 0 Å². The quantitative estimate of drug-likeness (QED) is 0.729. The Kier molecular flexibility index (Phi) is 8.65. The molecule has 0 atom stereocenters. The summed E-state index contributed by atoms with van der Waals surface area (Å²) in [6, 6.07) is 3.73. The number of rotatable bonds is 9. The lowest BCUT2D eigenvalue weighted by molar-refractivity contribution is -0.133. The van der Waals surface area contributed by atoms with Crippen molar-refractivity contribution in [2.75, 3.05) is 33.4 Å². The average molecular weight is 367 g/mol. The minimum Gasteiger partial charge on any atom is -0.383 e. The molecular formula is C19H34N4O3. The molecule has 7 heteroatoms. The van der Waals surface area contributed by atoms with Gasteiger partial charge in [0.15, 0.2) is 0 Å². The van der Waals surface area contributed by atoms with E-state index in [4.69, 9.17) is 4.74 Å². The Hall–Kier alpha value is -2.02. The summed E-state index contributed by atoms with van der Waals surface area (Å²) >= 11 is 0. The van der Waals surface area contributed by atoms with Gasteiger partial charge in [-0.15, -0.1) is 0 Å². The van der Waals surface area contributed by atoms with E-state index >= 15 is 0 Å². The molecule has 0 aliphatic rings. The van der Waals surface area contributed by atoms with Gasteiger partial charge in [0, 0.05) is 44.7 Å². The molecule has 1 aromatic rings. The van der Waals surface area contributed by atoms with Crippen molar-refractivity contribution in [1.29, 1.82) is 0 Å². The lowest BCUT2D eigenvalue weighted by Gasteiger charge is -2.30. The third kappa shape index (κ3) is 7.47. The van der Waals surface area contributed by atoms with Crippen molar-refractivity contribution in [2.45, 2.75) is 46.2 Å². The van der Waals surface area contributed by atoms with E-state index in [2.05, 4.69) is 5.32 Å². The first-order valence-corrected chi connectivity index (χ1v) is 9.12. The third-order valence-electron chi connectivity index (χ3n) is 3.91. The zero-order valence-electron chi connectivity index (χ0n) is 17.0. The van der Waals surface area contributed by atoms with Crippen LogP contribution in [0.4, 0.5) is 4.79 Å². The van der Waals surface area contributed by atoms with Crippen LogP contribution in [0.15, 0.2) is 18.3 Å². The second kappa shape index (κ2) is 10.2. The first-order chi connectivity index (χ1) is 12.2. The van der Waals surface area contributed by atoms with Gasteiger partial charge in [-0.2, -0.15) is 0 Å². The molecule has 0 spiro atoms. The fourth-order valence-corrected chi connectivity index (χ4v) is 2.54. The average Bonchev–Trinajstić information content (AvgIpc) is 2.94. The maximum Gasteiger partial charge on any atom is 0.318 e. The summed E-state index contributed by atoms with van der Waals surface area (Å²) in [7, 11) is 3.57. The maximum atomic E-state index is 12.9. The summed E-state index contributed by atoms with van der Waals surface area (Å²) in [6.07, 6.45) is 2.75. The first-order valence-electron chi connectivity index (χ1n) is 9.12. The number of hydrogen-bond donors (Lipinski definition) is 1. The number of aryl methyl sites for hydroxylation is 1. The van der Waals surface area contributed by atoms with Crippen LogP contribution in [0.2, 0.25) is 0 Å². The molecule has 0 radical (unpaired) electrons. The number of nitrogens with zero attached hydrogens (tertiary/aromatic N) is 3. The molecule has 0 aromatic carbocycles. The van der Waals surface area contributed by atoms with E-state index in [1.54, 1.807) is 16.9 Å². The molecule has 0 saturated heterocycles. The first kappa shape index (κ1) is 22.0. The molecule has 1 rings (SSSR count). The van der Waals surface area contributed by atoms with Crippen LogP contribution in [0.3, 0.4) is 0 Å². The van der Waals surface area contributed by atoms with Crippen molar-refractivity contribution in [3.05, 3.63) is 24.0 Å². The lowest BCUT2D eigenvalue weighted by Crippen LogP contribution is -2.52. The van der Waals surface area contributed by atoms with Crippen molar-refractivity contribution < 1.29 is 14.3 Å². The summed E-state index contributed by atoms with van der Waals surface area (Å²) in [5.74, 6) is -0.0826. The van der Waals surface area contributed by atoms with Crippen LogP contribution in [-0.2, 0) is 23.1 Å². The van der Waals surface area contributed by atoms with Crippen LogP contribution >= 0.6 is 0 Å². The fourth-order valence-electron chi connectivity index (χ4n) is 2.54. The van der Waals surface area contributed by atoms with Crippen molar-refractivity contribution in [2.24, 2.45) is 7.05 Å². The molecule has 7 nitrogen and oxygen atoms in total. The number of amides is 3. The van der Waals surface area contributed by atoms with Crippen LogP contribution in [0.1, 0.15) is 39.8 Å². The summed E-state index contributed by atoms with van der Waals surface area (Å²) < 4.78 is 7.13. The highest BCUT2D eigenvalue weighted by Gasteiger charge is 2.24. The molecule has 1 N–H and O–H groups in total. The van der Waals surface area contributed by atoms with Crippen LogP contribution in [0, 0.1) is 0 Å². The van der Waals surface area contributed by atoms with Crippen molar-refractivity contribution >= 4 is 11.9 Å². The summed E-state index contributed by atoms with van der Waals surface area (Å²) in [4.78, 5) is 28.7. The number of ether oxygens (including phenoxy) is 1. The second-order valence-electron chi connectivity index (χ2n) is 7.52. The predicted octanol–water partition coefficient (Wildman–Crippen LogP) is 2.22. The normalized spacial score (nSPS) is 11.3. The monoisotopic (exact) mass is 366 g/mol. The number of urea groups is 1. The third-order valence-corrected chi connectivity index (χ3v) is 3.91. The Morgan fingerprint density at radius 1 is 1.23 bits per heavy atom. The Morgan fingerprint density at radius 2 is 1.92 bits per heavy atom. The minimum absolute atomic E-state index is 0.0594. The van der Waals surface area contributed by atoms with Crippen LogP contribution in [-0.4, -0.2) is 65.2 Å². The van der Waals surface area contributed by atoms with Gasteiger partial charge in [-0.3, -0.25) is 4.79 Å². The van der Waals surface area contributed by atoms with Gasteiger partial charge in [0.05, 0.1) is 13.2 Å². The molecule has 0 aliphatic carbocycles. The van der Waals surface area contributed by atoms with E-state index in [0.29, 0.717) is 26.2 Å². The highest BCUT2D eigenvalue weighted by molar-refractivity contribution is 5.84. The van der Waals surface area contributed by atoms with Gasteiger partial charge in [-0.1, -0.05) is 6.92 Å². The summed E-state index contributed by atoms with van der Waals surface area (Å²) in [5.41, 5.74) is 0.695. The predicted molar refractivity (Wildman–Crippen MR) is 103 cm³/mol. The number of carbonyl (C=O) groups is 2. The Labute approximate surface area is 157 Å². The number of hydrogen-bond acceptors (Lipinski definition) is 3. The molecule has 3 amide bonds. The number of carbonyl (C=O) groups excluding carboxylic acids is 2. The molecule has 148 valence electrons. The van der Waals surface area contributed by atoms with Gasteiger partial charge < -0.3 is 24.4 Å². The molecule has 26 heavy (non-hydrogen) atoms. The van der Waals surface area contributed by atoms with Crippen LogP contribution in [0.25, 0.3) is 0 Å². The topological polar surface area (TPSA) is 66.8 Å². The molecule has 0 fully saturated rings. The number of aromatic nitrogens is 1. The summed E-state index contributed by atoms with van der Waals surface area (Å²) in [6.45, 7) is 9.81. The SMILES string of the molecule is CCCN(CC(=O)N(CCOC)Cc1cccn1C)C(=O)NC(C)(C)C. The van der Waals surface area contributed by atoms with E-state index < -0.39 is 0 Å². The van der Waals surface area contributed by atoms with Crippen LogP contribution < -0.4 is 5.32 Å². The Balaban J connectivity index is 2.83. The minimum atomic E-state index is -0.342. The Bertz CT molecular complexity index is 578. The smallest absolute Gasteiger partial charge is 0.318 e. The van der Waals surface area contributed by atoms with E-state index in [1.807, 2.05) is 57.6 Å². The van der Waals surface area contributed by atoms with E-state index in [0.717, 1.165) is 12.1 Å². The largest absolute Gasteiger partial charge is 0.383 e. The van der Waals surface area contributed by atoms with E-state index in [-0.39, 0.29) is 24.0 Å². The summed E-state index contributed by atoms with van der Waals surface area (Å²) in [5, 5.41) is 2.93. The van der Waals surface area contributed by atoms with Crippen molar-refractivity contribution in [3.8, 4) is 0 Å². The lowest BCUT2D eigenvalue weighted by atomic mass is 10.1. The zero-order valence-corrected chi connectivity index (χ0v) is 17.0. The molecule has 0 saturated carbocycles. The highest BCUT2D eigenvalue weighted by atomic mass is 16.5. The molecule has 0 bridgehead atoms. The molecule has 0 aliphatic heterocycles. The molecule has 0 unspecified atom stereocenters. The Morgan fingerprint density at radius 3 is 2.42 bits per heavy atom. The standard InChI is InChI=1S/C19H34N4O3/c1-7-10-23(18(25)20-19(2,3)4)15-17(24)22(12-13-26-6)14-16-9-8-11-21(16)5/h8-9,11H,7,10,12-15H2,1-6H3,(H,20,25). The maximum absolute atomic E-state index is 12.9. The number of methoxy groups -OCH3 is 1. The fraction of sp³-hybridized carbons (Fsp3) is 0.684. The second-order valence-corrected chi connectivity index (χ2v) is 7.52. The van der Waals surface area contributed by atoms with Crippen molar-refractivity contribution in [3.63, 3.8) is 0 Å². The van der Waals surface area contributed by atoms with E-state index in [9.17, 15) is 9.59 Å². The van der Waals surface area contributed by atoms with Gasteiger partial charge in [-0.05, 0) is 39.3 Å². The highest BCUT2D eigenvalue weighted by Crippen LogP contribution is 2.08. The van der Waals surface area contributed by atoms with Gasteiger partial charge in [0.25, 0.3) is 0 Å². The van der Waals surface area contributed by atoms with Crippen LogP contribution in [0.5, 0.6) is 0 Å². The van der Waals surface area contributed by atoms with Gasteiger partial charge in [0.2, 0.25) is 5.91 Å². The van der Waals surface area contributed by atoms with Gasteiger partial charge in [0.1, 0.15) is 6.54 Å². The molecule has 1 aromatic heterocycles. The molecule has 1 heterocycles. The number of nitrogens with one attached hydrogen (secondary N) is 1. The van der Waals surface area contributed by atoms with Crippen molar-refractivity contribution in [1.82, 2.24) is 19.7 Å². The zero-order chi connectivity index (χ0) is 19.7. The van der Waals surface area contributed by atoms with Gasteiger partial charge >= 0.3 is 6.03 Å². The van der Waals surface area contributed by atoms with Gasteiger partial charge in [-0.25, -0.2) is 4.79 Å². The molecular weight excluding hydrogens is 332 g/mol.